The van der Waals surface area contributed by atoms with Gasteiger partial charge in [0.1, 0.15) is 4.90 Å². The number of hydrogen-bond donors (Lipinski definition) is 3. The molecule has 1 unspecified atom stereocenters. The second kappa shape index (κ2) is 8.67. The Bertz CT molecular complexity index is 551. The number of nitrogen functional groups attached to an aromatic ring is 1. The molecule has 1 heterocycles. The number of nitrogens with two attached hydrogens (primary N) is 1. The lowest BCUT2D eigenvalue weighted by Crippen LogP contribution is -2.30. The van der Waals surface area contributed by atoms with Crippen LogP contribution in [0.4, 0.5) is 5.82 Å². The van der Waals surface area contributed by atoms with Crippen molar-refractivity contribution in [1.29, 1.82) is 0 Å². The van der Waals surface area contributed by atoms with Crippen LogP contribution in [0.3, 0.4) is 0 Å². The first-order valence-electron chi connectivity index (χ1n) is 7.06. The minimum atomic E-state index is -3.64. The summed E-state index contributed by atoms with van der Waals surface area (Å²) in [6, 6.07) is 1.48. The fourth-order valence-electron chi connectivity index (χ4n) is 1.98. The molecule has 120 valence electrons. The Hall–Kier alpha value is -0.700. The first kappa shape index (κ1) is 18.3. The third-order valence-corrected chi connectivity index (χ3v) is 5.22. The smallest absolute Gasteiger partial charge is 0.244 e. The number of nitrogens with one attached hydrogen (secondary N) is 2. The third kappa shape index (κ3) is 5.54. The van der Waals surface area contributed by atoms with Crippen molar-refractivity contribution in [3.05, 3.63) is 16.7 Å². The lowest BCUT2D eigenvalue weighted by molar-refractivity contribution is 0.443. The van der Waals surface area contributed by atoms with Crippen LogP contribution in [0.25, 0.3) is 0 Å². The van der Waals surface area contributed by atoms with Gasteiger partial charge < -0.3 is 5.43 Å². The van der Waals surface area contributed by atoms with E-state index in [1.165, 1.54) is 12.3 Å². The Morgan fingerprint density at radius 1 is 1.43 bits per heavy atom. The maximum absolute atomic E-state index is 12.4. The van der Waals surface area contributed by atoms with E-state index in [0.29, 0.717) is 16.9 Å². The summed E-state index contributed by atoms with van der Waals surface area (Å²) in [5, 5.41) is 0. The average Bonchev–Trinajstić information content (AvgIpc) is 2.47. The van der Waals surface area contributed by atoms with E-state index in [4.69, 9.17) is 5.84 Å². The van der Waals surface area contributed by atoms with Gasteiger partial charge in [0.25, 0.3) is 0 Å². The number of rotatable bonds is 9. The van der Waals surface area contributed by atoms with E-state index in [-0.39, 0.29) is 10.7 Å². The quantitative estimate of drug-likeness (QED) is 0.453. The molecule has 0 aromatic carbocycles. The number of sulfonamides is 1. The Balaban J connectivity index is 2.84. The van der Waals surface area contributed by atoms with Gasteiger partial charge in [0.05, 0.1) is 0 Å². The molecular weight excluding hydrogens is 356 g/mol. The molecule has 0 fully saturated rings. The Morgan fingerprint density at radius 2 is 2.14 bits per heavy atom. The largest absolute Gasteiger partial charge is 0.307 e. The predicted molar refractivity (Wildman–Crippen MR) is 88.2 cm³/mol. The standard InChI is InChI=1S/C13H23BrN4O2S/c1-3-5-6-10(4-2)8-17-21(19,20)12-7-11(14)9-16-13(12)18-15/h7,9-10,17H,3-6,8,15H2,1-2H3,(H,16,18). The van der Waals surface area contributed by atoms with Crippen molar-refractivity contribution in [2.45, 2.75) is 44.4 Å². The second-order valence-electron chi connectivity index (χ2n) is 4.91. The van der Waals surface area contributed by atoms with Gasteiger partial charge in [-0.3, -0.25) is 0 Å². The highest BCUT2D eigenvalue weighted by atomic mass is 79.9. The van der Waals surface area contributed by atoms with Crippen LogP contribution in [0.2, 0.25) is 0 Å². The highest BCUT2D eigenvalue weighted by Gasteiger charge is 2.21. The van der Waals surface area contributed by atoms with Crippen LogP contribution in [-0.4, -0.2) is 19.9 Å². The van der Waals surface area contributed by atoms with Crippen LogP contribution in [0, 0.1) is 5.92 Å². The summed E-state index contributed by atoms with van der Waals surface area (Å²) >= 11 is 3.22. The van der Waals surface area contributed by atoms with Crippen LogP contribution in [-0.2, 0) is 10.0 Å². The van der Waals surface area contributed by atoms with Crippen LogP contribution in [0.5, 0.6) is 0 Å². The fraction of sp³-hybridized carbons (Fsp3) is 0.615. The molecule has 1 aromatic rings. The molecule has 0 saturated heterocycles. The minimum Gasteiger partial charge on any atom is -0.307 e. The van der Waals surface area contributed by atoms with Crippen molar-refractivity contribution >= 4 is 31.8 Å². The first-order valence-corrected chi connectivity index (χ1v) is 9.34. The zero-order valence-electron chi connectivity index (χ0n) is 12.4. The number of halogens is 1. The SMILES string of the molecule is CCCCC(CC)CNS(=O)(=O)c1cc(Br)cnc1NN. The highest BCUT2D eigenvalue weighted by Crippen LogP contribution is 2.22. The van der Waals surface area contributed by atoms with Gasteiger partial charge in [-0.25, -0.2) is 24.0 Å². The van der Waals surface area contributed by atoms with Crippen LogP contribution < -0.4 is 16.0 Å². The fourth-order valence-corrected chi connectivity index (χ4v) is 3.72. The van der Waals surface area contributed by atoms with Crippen molar-refractivity contribution in [2.75, 3.05) is 12.0 Å². The van der Waals surface area contributed by atoms with E-state index in [2.05, 4.69) is 44.9 Å². The molecule has 1 aromatic heterocycles. The predicted octanol–water partition coefficient (Wildman–Crippen LogP) is 2.62. The molecule has 0 spiro atoms. The molecule has 8 heteroatoms. The number of unbranched alkanes of at least 4 members (excludes halogenated alkanes) is 1. The first-order chi connectivity index (χ1) is 9.94. The highest BCUT2D eigenvalue weighted by molar-refractivity contribution is 9.10. The molecule has 0 radical (unpaired) electrons. The summed E-state index contributed by atoms with van der Waals surface area (Å²) in [6.07, 6.45) is 5.67. The zero-order chi connectivity index (χ0) is 15.9. The number of pyridine rings is 1. The molecule has 21 heavy (non-hydrogen) atoms. The lowest BCUT2D eigenvalue weighted by Gasteiger charge is -2.16. The van der Waals surface area contributed by atoms with Gasteiger partial charge in [-0.1, -0.05) is 33.1 Å². The number of aromatic nitrogens is 1. The van der Waals surface area contributed by atoms with Gasteiger partial charge >= 0.3 is 0 Å². The van der Waals surface area contributed by atoms with Gasteiger partial charge in [-0.15, -0.1) is 0 Å². The van der Waals surface area contributed by atoms with E-state index >= 15 is 0 Å². The molecule has 0 amide bonds. The minimum absolute atomic E-state index is 0.0460. The lowest BCUT2D eigenvalue weighted by atomic mass is 10.00. The molecule has 0 bridgehead atoms. The summed E-state index contributed by atoms with van der Waals surface area (Å²) in [5.41, 5.74) is 2.31. The molecular formula is C13H23BrN4O2S. The van der Waals surface area contributed by atoms with Crippen LogP contribution in [0.15, 0.2) is 21.6 Å². The van der Waals surface area contributed by atoms with Gasteiger partial charge in [-0.2, -0.15) is 0 Å². The normalized spacial score (nSPS) is 13.1. The Kier molecular flexibility index (Phi) is 7.58. The summed E-state index contributed by atoms with van der Waals surface area (Å²) < 4.78 is 28.0. The monoisotopic (exact) mass is 378 g/mol. The van der Waals surface area contributed by atoms with Crippen molar-refractivity contribution < 1.29 is 8.42 Å². The second-order valence-corrected chi connectivity index (χ2v) is 7.56. The van der Waals surface area contributed by atoms with Crippen molar-refractivity contribution in [2.24, 2.45) is 11.8 Å². The molecule has 1 atom stereocenters. The molecule has 0 aliphatic carbocycles. The number of anilines is 1. The number of hydrogen-bond acceptors (Lipinski definition) is 5. The van der Waals surface area contributed by atoms with Crippen molar-refractivity contribution in [1.82, 2.24) is 9.71 Å². The summed E-state index contributed by atoms with van der Waals surface area (Å²) in [4.78, 5) is 4.00. The third-order valence-electron chi connectivity index (χ3n) is 3.35. The summed E-state index contributed by atoms with van der Waals surface area (Å²) in [6.45, 7) is 4.63. The van der Waals surface area contributed by atoms with Crippen LogP contribution in [0.1, 0.15) is 39.5 Å². The van der Waals surface area contributed by atoms with E-state index in [1.54, 1.807) is 0 Å². The van der Waals surface area contributed by atoms with Crippen LogP contribution >= 0.6 is 15.9 Å². The number of nitrogens with zero attached hydrogens (tertiary/aromatic N) is 1. The zero-order valence-corrected chi connectivity index (χ0v) is 14.8. The van der Waals surface area contributed by atoms with E-state index < -0.39 is 10.0 Å². The van der Waals surface area contributed by atoms with E-state index in [0.717, 1.165) is 25.7 Å². The van der Waals surface area contributed by atoms with Gasteiger partial charge in [0, 0.05) is 17.2 Å². The molecule has 4 N–H and O–H groups in total. The molecule has 0 saturated carbocycles. The molecule has 1 rings (SSSR count). The van der Waals surface area contributed by atoms with Crippen molar-refractivity contribution in [3.8, 4) is 0 Å². The summed E-state index contributed by atoms with van der Waals surface area (Å²) in [5.74, 6) is 5.80. The topological polar surface area (TPSA) is 97.1 Å². The van der Waals surface area contributed by atoms with Gasteiger partial charge in [-0.05, 0) is 34.3 Å². The maximum atomic E-state index is 12.4. The summed E-state index contributed by atoms with van der Waals surface area (Å²) in [7, 11) is -3.64. The van der Waals surface area contributed by atoms with Gasteiger partial charge in [0.2, 0.25) is 10.0 Å². The maximum Gasteiger partial charge on any atom is 0.244 e. The van der Waals surface area contributed by atoms with Crippen molar-refractivity contribution in [3.63, 3.8) is 0 Å². The Labute approximate surface area is 135 Å². The molecule has 6 nitrogen and oxygen atoms in total. The average molecular weight is 379 g/mol. The van der Waals surface area contributed by atoms with E-state index in [9.17, 15) is 8.42 Å². The number of hydrazine groups is 1. The Morgan fingerprint density at radius 3 is 2.71 bits per heavy atom. The van der Waals surface area contributed by atoms with Gasteiger partial charge in [0.15, 0.2) is 5.82 Å². The molecule has 0 aliphatic heterocycles. The molecule has 0 aliphatic rings. The van der Waals surface area contributed by atoms with E-state index in [1.807, 2.05) is 0 Å².